The molecule has 1 aromatic carbocycles. The van der Waals surface area contributed by atoms with Crippen molar-refractivity contribution < 1.29 is 9.53 Å². The van der Waals surface area contributed by atoms with Gasteiger partial charge in [-0.25, -0.2) is 0 Å². The quantitative estimate of drug-likeness (QED) is 0.928. The van der Waals surface area contributed by atoms with E-state index in [9.17, 15) is 4.79 Å². The van der Waals surface area contributed by atoms with E-state index in [4.69, 9.17) is 16.3 Å². The number of hydrogen-bond donors (Lipinski definition) is 1. The topological polar surface area (TPSA) is 56.1 Å². The van der Waals surface area contributed by atoms with Crippen molar-refractivity contribution in [2.24, 2.45) is 13.0 Å². The molecule has 0 fully saturated rings. The number of hydrogen-bond acceptors (Lipinski definition) is 3. The molecule has 21 heavy (non-hydrogen) atoms. The number of carbonyl (C=O) groups excluding carboxylic acids is 1. The number of nitrogens with zero attached hydrogens (tertiary/aromatic N) is 2. The molecule has 110 valence electrons. The van der Waals surface area contributed by atoms with Gasteiger partial charge in [-0.05, 0) is 37.1 Å². The average Bonchev–Trinajstić information content (AvgIpc) is 2.76. The number of fused-ring (bicyclic) bond motifs is 1. The molecule has 0 saturated heterocycles. The first-order valence-corrected chi connectivity index (χ1v) is 7.13. The van der Waals surface area contributed by atoms with Crippen LogP contribution in [0, 0.1) is 12.8 Å². The van der Waals surface area contributed by atoms with Crippen LogP contribution in [0.25, 0.3) is 0 Å². The Labute approximate surface area is 127 Å². The van der Waals surface area contributed by atoms with Gasteiger partial charge in [0.15, 0.2) is 0 Å². The second-order valence-electron chi connectivity index (χ2n) is 5.25. The van der Waals surface area contributed by atoms with E-state index < -0.39 is 0 Å². The number of halogens is 1. The molecule has 1 atom stereocenters. The van der Waals surface area contributed by atoms with Gasteiger partial charge in [0.25, 0.3) is 0 Å². The van der Waals surface area contributed by atoms with Gasteiger partial charge in [-0.15, -0.1) is 0 Å². The minimum absolute atomic E-state index is 0.0661. The Morgan fingerprint density at radius 2 is 2.29 bits per heavy atom. The van der Waals surface area contributed by atoms with E-state index >= 15 is 0 Å². The van der Waals surface area contributed by atoms with E-state index in [1.807, 2.05) is 25.1 Å². The highest BCUT2D eigenvalue weighted by atomic mass is 35.5. The van der Waals surface area contributed by atoms with E-state index in [0.29, 0.717) is 23.9 Å². The predicted molar refractivity (Wildman–Crippen MR) is 80.7 cm³/mol. The molecule has 0 radical (unpaired) electrons. The fraction of sp³-hybridized carbons (Fsp3) is 0.333. The van der Waals surface area contributed by atoms with E-state index in [0.717, 1.165) is 17.0 Å². The summed E-state index contributed by atoms with van der Waals surface area (Å²) in [7, 11) is 1.80. The van der Waals surface area contributed by atoms with Crippen LogP contribution in [0.1, 0.15) is 11.3 Å². The molecule has 1 N–H and O–H groups in total. The third-order valence-electron chi connectivity index (χ3n) is 3.55. The third kappa shape index (κ3) is 2.88. The average molecular weight is 306 g/mol. The van der Waals surface area contributed by atoms with Crippen molar-refractivity contribution in [1.29, 1.82) is 0 Å². The highest BCUT2D eigenvalue weighted by molar-refractivity contribution is 6.30. The second kappa shape index (κ2) is 5.41. The second-order valence-corrected chi connectivity index (χ2v) is 5.68. The van der Waals surface area contributed by atoms with Gasteiger partial charge in [-0.2, -0.15) is 5.10 Å². The molecular weight excluding hydrogens is 290 g/mol. The molecule has 1 amide bonds. The number of rotatable bonds is 2. The number of aryl methyl sites for hydroxylation is 2. The molecule has 6 heteroatoms. The maximum absolute atomic E-state index is 12.4. The van der Waals surface area contributed by atoms with Gasteiger partial charge in [0.05, 0.1) is 11.6 Å². The standard InChI is InChI=1S/C15H16ClN3O2/c1-9-5-14(19(2)18-9)17-15(20)11-6-10-7-12(16)3-4-13(10)21-8-11/h3-5,7,11H,6,8H2,1-2H3,(H,17,20)/t11-/m1/s1. The number of aromatic nitrogens is 2. The molecule has 1 aliphatic rings. The van der Waals surface area contributed by atoms with Crippen molar-refractivity contribution in [2.45, 2.75) is 13.3 Å². The van der Waals surface area contributed by atoms with Crippen LogP contribution in [0.15, 0.2) is 24.3 Å². The Bertz CT molecular complexity index is 696. The summed E-state index contributed by atoms with van der Waals surface area (Å²) in [4.78, 5) is 12.4. The highest BCUT2D eigenvalue weighted by Gasteiger charge is 2.26. The molecule has 1 aliphatic heterocycles. The Hall–Kier alpha value is -2.01. The number of carbonyl (C=O) groups is 1. The van der Waals surface area contributed by atoms with Crippen LogP contribution in [0.2, 0.25) is 5.02 Å². The summed E-state index contributed by atoms with van der Waals surface area (Å²) in [6.45, 7) is 2.26. The number of nitrogens with one attached hydrogen (secondary N) is 1. The molecule has 2 aromatic rings. The van der Waals surface area contributed by atoms with Gasteiger partial charge in [-0.1, -0.05) is 11.6 Å². The normalized spacial score (nSPS) is 17.0. The Morgan fingerprint density at radius 1 is 1.48 bits per heavy atom. The van der Waals surface area contributed by atoms with Crippen LogP contribution in [-0.2, 0) is 18.3 Å². The molecule has 0 unspecified atom stereocenters. The van der Waals surface area contributed by atoms with Crippen LogP contribution in [0.3, 0.4) is 0 Å². The van der Waals surface area contributed by atoms with E-state index in [1.54, 1.807) is 17.8 Å². The first-order chi connectivity index (χ1) is 10.0. The van der Waals surface area contributed by atoms with Crippen molar-refractivity contribution in [3.8, 4) is 5.75 Å². The van der Waals surface area contributed by atoms with Crippen molar-refractivity contribution in [3.05, 3.63) is 40.5 Å². The molecule has 1 aromatic heterocycles. The predicted octanol–water partition coefficient (Wildman–Crippen LogP) is 2.57. The van der Waals surface area contributed by atoms with Crippen LogP contribution < -0.4 is 10.1 Å². The van der Waals surface area contributed by atoms with Gasteiger partial charge in [0.2, 0.25) is 5.91 Å². The lowest BCUT2D eigenvalue weighted by molar-refractivity contribution is -0.121. The molecule has 0 saturated carbocycles. The van der Waals surface area contributed by atoms with Crippen LogP contribution in [-0.4, -0.2) is 22.3 Å². The molecule has 5 nitrogen and oxygen atoms in total. The number of amides is 1. The number of anilines is 1. The van der Waals surface area contributed by atoms with Crippen LogP contribution in [0.4, 0.5) is 5.82 Å². The Kier molecular flexibility index (Phi) is 3.59. The van der Waals surface area contributed by atoms with Crippen molar-refractivity contribution >= 4 is 23.3 Å². The summed E-state index contributed by atoms with van der Waals surface area (Å²) >= 11 is 5.99. The lowest BCUT2D eigenvalue weighted by Gasteiger charge is -2.24. The number of benzene rings is 1. The molecular formula is C15H16ClN3O2. The maximum Gasteiger partial charge on any atom is 0.232 e. The van der Waals surface area contributed by atoms with Crippen LogP contribution in [0.5, 0.6) is 5.75 Å². The largest absolute Gasteiger partial charge is 0.492 e. The van der Waals surface area contributed by atoms with Gasteiger partial charge in [-0.3, -0.25) is 9.48 Å². The minimum Gasteiger partial charge on any atom is -0.492 e. The third-order valence-corrected chi connectivity index (χ3v) is 3.79. The van der Waals surface area contributed by atoms with Gasteiger partial charge >= 0.3 is 0 Å². The highest BCUT2D eigenvalue weighted by Crippen LogP contribution is 2.30. The monoisotopic (exact) mass is 305 g/mol. The molecule has 2 heterocycles. The lowest BCUT2D eigenvalue weighted by Crippen LogP contribution is -2.33. The van der Waals surface area contributed by atoms with Gasteiger partial charge < -0.3 is 10.1 Å². The van der Waals surface area contributed by atoms with Crippen molar-refractivity contribution in [1.82, 2.24) is 9.78 Å². The fourth-order valence-electron chi connectivity index (χ4n) is 2.49. The Balaban J connectivity index is 1.73. The van der Waals surface area contributed by atoms with Crippen molar-refractivity contribution in [2.75, 3.05) is 11.9 Å². The fourth-order valence-corrected chi connectivity index (χ4v) is 2.68. The maximum atomic E-state index is 12.4. The first-order valence-electron chi connectivity index (χ1n) is 6.75. The van der Waals surface area contributed by atoms with E-state index in [-0.39, 0.29) is 11.8 Å². The summed E-state index contributed by atoms with van der Waals surface area (Å²) in [5, 5.41) is 7.76. The zero-order valence-electron chi connectivity index (χ0n) is 11.9. The summed E-state index contributed by atoms with van der Waals surface area (Å²) in [6, 6.07) is 7.33. The molecule has 0 aliphatic carbocycles. The smallest absolute Gasteiger partial charge is 0.232 e. The zero-order valence-corrected chi connectivity index (χ0v) is 12.6. The van der Waals surface area contributed by atoms with Crippen molar-refractivity contribution in [3.63, 3.8) is 0 Å². The summed E-state index contributed by atoms with van der Waals surface area (Å²) in [5.41, 5.74) is 1.83. The summed E-state index contributed by atoms with van der Waals surface area (Å²) < 4.78 is 7.30. The lowest BCUT2D eigenvalue weighted by atomic mass is 9.96. The first kappa shape index (κ1) is 13.9. The summed E-state index contributed by atoms with van der Waals surface area (Å²) in [6.07, 6.45) is 0.624. The molecule has 3 rings (SSSR count). The molecule has 0 spiro atoms. The Morgan fingerprint density at radius 3 is 3.00 bits per heavy atom. The van der Waals surface area contributed by atoms with Crippen LogP contribution >= 0.6 is 11.6 Å². The number of ether oxygens (including phenoxy) is 1. The minimum atomic E-state index is -0.230. The molecule has 0 bridgehead atoms. The van der Waals surface area contributed by atoms with E-state index in [1.165, 1.54) is 0 Å². The summed E-state index contributed by atoms with van der Waals surface area (Å²) in [5.74, 6) is 1.20. The van der Waals surface area contributed by atoms with Gasteiger partial charge in [0.1, 0.15) is 18.2 Å². The zero-order chi connectivity index (χ0) is 15.0. The SMILES string of the molecule is Cc1cc(NC(=O)[C@H]2COc3ccc(Cl)cc3C2)n(C)n1. The van der Waals surface area contributed by atoms with Gasteiger partial charge in [0, 0.05) is 18.1 Å². The van der Waals surface area contributed by atoms with E-state index in [2.05, 4.69) is 10.4 Å².